The highest BCUT2D eigenvalue weighted by Crippen LogP contribution is 2.23. The number of rotatable bonds is 8. The van der Waals surface area contributed by atoms with Crippen LogP contribution >= 0.6 is 23.7 Å². The van der Waals surface area contributed by atoms with Crippen LogP contribution in [-0.2, 0) is 16.1 Å². The van der Waals surface area contributed by atoms with Crippen molar-refractivity contribution in [3.05, 3.63) is 57.3 Å². The Morgan fingerprint density at radius 3 is 2.83 bits per heavy atom. The van der Waals surface area contributed by atoms with E-state index in [2.05, 4.69) is 53.5 Å². The summed E-state index contributed by atoms with van der Waals surface area (Å²) in [7, 11) is 0. The van der Waals surface area contributed by atoms with Gasteiger partial charge in [-0.15, -0.1) is 23.7 Å². The average molecular weight is 437 g/mol. The minimum absolute atomic E-state index is 0. The lowest BCUT2D eigenvalue weighted by Crippen LogP contribution is -2.40. The maximum Gasteiger partial charge on any atom is 0.307 e. The Balaban J connectivity index is 0.00000300. The van der Waals surface area contributed by atoms with E-state index in [4.69, 9.17) is 4.84 Å². The molecule has 1 fully saturated rings. The van der Waals surface area contributed by atoms with Crippen LogP contribution in [0.15, 0.2) is 40.9 Å². The molecule has 1 aromatic heterocycles. The molecule has 0 bridgehead atoms. The van der Waals surface area contributed by atoms with E-state index in [1.54, 1.807) is 11.3 Å². The number of carboxylic acids is 1. The second-order valence-electron chi connectivity index (χ2n) is 7.19. The summed E-state index contributed by atoms with van der Waals surface area (Å²) in [6, 6.07) is 10.4. The smallest absolute Gasteiger partial charge is 0.307 e. The van der Waals surface area contributed by atoms with Crippen LogP contribution in [0.3, 0.4) is 0 Å². The first-order valence-corrected chi connectivity index (χ1v) is 10.8. The molecule has 0 spiro atoms. The molecule has 5 nitrogen and oxygen atoms in total. The summed E-state index contributed by atoms with van der Waals surface area (Å²) in [6.07, 6.45) is 2.62. The molecular formula is C22H29ClN2O3S. The van der Waals surface area contributed by atoms with Gasteiger partial charge in [-0.05, 0) is 55.3 Å². The highest BCUT2D eigenvalue weighted by atomic mass is 35.5. The fourth-order valence-electron chi connectivity index (χ4n) is 3.63. The Morgan fingerprint density at radius 1 is 1.34 bits per heavy atom. The third kappa shape index (κ3) is 6.04. The van der Waals surface area contributed by atoms with Crippen molar-refractivity contribution >= 4 is 35.4 Å². The fraction of sp³-hybridized carbons (Fsp3) is 0.455. The van der Waals surface area contributed by atoms with Crippen LogP contribution in [0, 0.1) is 12.8 Å². The molecule has 1 aliphatic rings. The zero-order chi connectivity index (χ0) is 19.9. The number of carboxylic acid groups (broad SMARTS) is 1. The molecule has 0 aliphatic carbocycles. The number of aryl methyl sites for hydroxylation is 2. The minimum Gasteiger partial charge on any atom is -0.481 e. The molecule has 3 rings (SSSR count). The number of hydrogen-bond donors (Lipinski definition) is 1. The zero-order valence-corrected chi connectivity index (χ0v) is 18.6. The van der Waals surface area contributed by atoms with E-state index in [1.165, 1.54) is 11.1 Å². The van der Waals surface area contributed by atoms with Crippen LogP contribution < -0.4 is 0 Å². The summed E-state index contributed by atoms with van der Waals surface area (Å²) < 4.78 is 0. The minimum atomic E-state index is -0.699. The molecule has 0 amide bonds. The van der Waals surface area contributed by atoms with Crippen molar-refractivity contribution < 1.29 is 14.7 Å². The summed E-state index contributed by atoms with van der Waals surface area (Å²) in [5.41, 5.74) is 4.43. The molecule has 1 aromatic carbocycles. The molecule has 2 aromatic rings. The van der Waals surface area contributed by atoms with Crippen LogP contribution in [-0.4, -0.2) is 47.9 Å². The summed E-state index contributed by atoms with van der Waals surface area (Å²) in [5, 5.41) is 15.8. The first-order chi connectivity index (χ1) is 13.6. The van der Waals surface area contributed by atoms with Crippen LogP contribution in [0.5, 0.6) is 0 Å². The predicted molar refractivity (Wildman–Crippen MR) is 121 cm³/mol. The van der Waals surface area contributed by atoms with Gasteiger partial charge in [0.15, 0.2) is 0 Å². The van der Waals surface area contributed by atoms with Gasteiger partial charge in [-0.2, -0.15) is 0 Å². The highest BCUT2D eigenvalue weighted by molar-refractivity contribution is 7.12. The van der Waals surface area contributed by atoms with Gasteiger partial charge in [-0.1, -0.05) is 36.3 Å². The molecule has 1 atom stereocenters. The molecule has 7 heteroatoms. The number of carbonyl (C=O) groups is 1. The molecule has 1 aliphatic heterocycles. The van der Waals surface area contributed by atoms with E-state index >= 15 is 0 Å². The molecule has 1 unspecified atom stereocenters. The van der Waals surface area contributed by atoms with E-state index in [-0.39, 0.29) is 18.3 Å². The monoisotopic (exact) mass is 436 g/mol. The molecule has 158 valence electrons. The number of halogens is 1. The van der Waals surface area contributed by atoms with Crippen molar-refractivity contribution in [2.45, 2.75) is 33.1 Å². The molecular weight excluding hydrogens is 408 g/mol. The van der Waals surface area contributed by atoms with E-state index in [1.807, 2.05) is 6.07 Å². The van der Waals surface area contributed by atoms with Gasteiger partial charge in [0.1, 0.15) is 12.3 Å². The first kappa shape index (κ1) is 23.4. The van der Waals surface area contributed by atoms with E-state index in [9.17, 15) is 9.90 Å². The topological polar surface area (TPSA) is 62.1 Å². The van der Waals surface area contributed by atoms with Gasteiger partial charge in [0.25, 0.3) is 0 Å². The number of hydrogen-bond acceptors (Lipinski definition) is 5. The fourth-order valence-corrected chi connectivity index (χ4v) is 4.55. The zero-order valence-electron chi connectivity index (χ0n) is 17.0. The Kier molecular flexibility index (Phi) is 9.14. The van der Waals surface area contributed by atoms with Crippen molar-refractivity contribution in [3.8, 4) is 0 Å². The summed E-state index contributed by atoms with van der Waals surface area (Å²) in [5.74, 6) is -0.965. The number of oxime groups is 1. The van der Waals surface area contributed by atoms with Crippen molar-refractivity contribution in [2.24, 2.45) is 11.1 Å². The molecule has 29 heavy (non-hydrogen) atoms. The Hall–Kier alpha value is -1.89. The van der Waals surface area contributed by atoms with Crippen LogP contribution in [0.4, 0.5) is 0 Å². The van der Waals surface area contributed by atoms with Gasteiger partial charge >= 0.3 is 5.97 Å². The van der Waals surface area contributed by atoms with E-state index in [0.29, 0.717) is 19.7 Å². The highest BCUT2D eigenvalue weighted by Gasteiger charge is 2.25. The number of likely N-dealkylation sites (tertiary alicyclic amines) is 1. The number of thiophene rings is 1. The van der Waals surface area contributed by atoms with Crippen molar-refractivity contribution in [3.63, 3.8) is 0 Å². The quantitative estimate of drug-likeness (QED) is 0.373. The van der Waals surface area contributed by atoms with Crippen molar-refractivity contribution in [1.29, 1.82) is 0 Å². The number of nitrogens with zero attached hydrogens (tertiary/aromatic N) is 2. The molecule has 1 N–H and O–H groups in total. The Bertz CT molecular complexity index is 837. The third-order valence-corrected chi connectivity index (χ3v) is 6.26. The molecule has 1 saturated heterocycles. The summed E-state index contributed by atoms with van der Waals surface area (Å²) in [4.78, 5) is 20.2. The third-order valence-electron chi connectivity index (χ3n) is 5.24. The second-order valence-corrected chi connectivity index (χ2v) is 8.11. The standard InChI is InChI=1S/C22H28N2O3S.ClH/c1-3-17-7-4-5-9-19(17)20(21-16(2)10-14-28-21)23-27-13-12-24-11-6-8-18(15-24)22(25)26;/h4-5,7,9-10,14,18H,3,6,8,11-13,15H2,1-2H3,(H,25,26);1H. The average Bonchev–Trinajstić information content (AvgIpc) is 3.14. The van der Waals surface area contributed by atoms with Crippen molar-refractivity contribution in [2.75, 3.05) is 26.2 Å². The van der Waals surface area contributed by atoms with Crippen LogP contribution in [0.2, 0.25) is 0 Å². The Labute approximate surface area is 182 Å². The van der Waals surface area contributed by atoms with Crippen molar-refractivity contribution in [1.82, 2.24) is 4.90 Å². The van der Waals surface area contributed by atoms with E-state index < -0.39 is 5.97 Å². The Morgan fingerprint density at radius 2 is 2.14 bits per heavy atom. The first-order valence-electron chi connectivity index (χ1n) is 9.88. The molecule has 0 radical (unpaired) electrons. The number of piperidine rings is 1. The maximum absolute atomic E-state index is 11.2. The van der Waals surface area contributed by atoms with Gasteiger partial charge in [-0.3, -0.25) is 9.69 Å². The van der Waals surface area contributed by atoms with Gasteiger partial charge in [0, 0.05) is 18.7 Å². The summed E-state index contributed by atoms with van der Waals surface area (Å²) >= 11 is 1.67. The van der Waals surface area contributed by atoms with Crippen LogP contribution in [0.1, 0.15) is 41.3 Å². The maximum atomic E-state index is 11.2. The predicted octanol–water partition coefficient (Wildman–Crippen LogP) is 4.61. The van der Waals surface area contributed by atoms with Gasteiger partial charge in [0.05, 0.1) is 10.8 Å². The summed E-state index contributed by atoms with van der Waals surface area (Å²) in [6.45, 7) is 6.90. The lowest BCUT2D eigenvalue weighted by Gasteiger charge is -2.29. The lowest BCUT2D eigenvalue weighted by molar-refractivity contribution is -0.143. The molecule has 2 heterocycles. The molecule has 0 saturated carbocycles. The van der Waals surface area contributed by atoms with Gasteiger partial charge in [0.2, 0.25) is 0 Å². The lowest BCUT2D eigenvalue weighted by atomic mass is 9.98. The SMILES string of the molecule is CCc1ccccc1C(=NOCCN1CCCC(C(=O)O)C1)c1sccc1C.Cl. The number of benzene rings is 1. The van der Waals surface area contributed by atoms with Crippen LogP contribution in [0.25, 0.3) is 0 Å². The largest absolute Gasteiger partial charge is 0.481 e. The van der Waals surface area contributed by atoms with E-state index in [0.717, 1.165) is 42.0 Å². The second kappa shape index (κ2) is 11.3. The van der Waals surface area contributed by atoms with Gasteiger partial charge < -0.3 is 9.94 Å². The van der Waals surface area contributed by atoms with Gasteiger partial charge in [-0.25, -0.2) is 0 Å². The number of aliphatic carboxylic acids is 1. The normalized spacial score (nSPS) is 17.6.